The van der Waals surface area contributed by atoms with Gasteiger partial charge in [0.1, 0.15) is 0 Å². The largest absolute Gasteiger partial charge is 0.322 e. The van der Waals surface area contributed by atoms with Crippen LogP contribution < -0.4 is 5.32 Å². The average Bonchev–Trinajstić information content (AvgIpc) is 2.37. The number of Topliss-reactive ketones (excluding diaryl/α,β-unsaturated/α-hetero) is 1. The van der Waals surface area contributed by atoms with Crippen molar-refractivity contribution in [3.8, 4) is 0 Å². The molecule has 102 valence electrons. The first-order chi connectivity index (χ1) is 9.45. The molecule has 1 N–H and O–H groups in total. The number of nitrogens with one attached hydrogen (secondary N) is 1. The maximum Gasteiger partial charge on any atom is 0.255 e. The molecule has 20 heavy (non-hydrogen) atoms. The molecule has 0 heterocycles. The Labute approximate surface area is 133 Å². The molecule has 0 aliphatic rings. The number of amides is 1. The number of ketones is 1. The SMILES string of the molecule is CC(=O)c1cccc(NC(=O)c2cc(Br)cc(Br)c2)c1. The summed E-state index contributed by atoms with van der Waals surface area (Å²) in [6.45, 7) is 1.49. The minimum Gasteiger partial charge on any atom is -0.322 e. The molecule has 0 bridgehead atoms. The third kappa shape index (κ3) is 3.77. The molecule has 0 aromatic heterocycles. The third-order valence-electron chi connectivity index (χ3n) is 2.65. The normalized spacial score (nSPS) is 10.2. The van der Waals surface area contributed by atoms with Gasteiger partial charge in [0.2, 0.25) is 0 Å². The predicted molar refractivity (Wildman–Crippen MR) is 86.2 cm³/mol. The molecule has 1 amide bonds. The van der Waals surface area contributed by atoms with E-state index in [1.54, 1.807) is 36.4 Å². The highest BCUT2D eigenvalue weighted by atomic mass is 79.9. The van der Waals surface area contributed by atoms with Gasteiger partial charge in [0, 0.05) is 25.8 Å². The molecule has 0 atom stereocenters. The zero-order valence-corrected chi connectivity index (χ0v) is 13.8. The van der Waals surface area contributed by atoms with Crippen molar-refractivity contribution < 1.29 is 9.59 Å². The van der Waals surface area contributed by atoms with Crippen LogP contribution in [0.4, 0.5) is 5.69 Å². The van der Waals surface area contributed by atoms with E-state index in [2.05, 4.69) is 37.2 Å². The Morgan fingerprint density at radius 3 is 2.20 bits per heavy atom. The van der Waals surface area contributed by atoms with E-state index < -0.39 is 0 Å². The standard InChI is InChI=1S/C15H11Br2NO2/c1-9(19)10-3-2-4-14(7-10)18-15(20)11-5-12(16)8-13(17)6-11/h2-8H,1H3,(H,18,20). The quantitative estimate of drug-likeness (QED) is 0.766. The van der Waals surface area contributed by atoms with E-state index in [4.69, 9.17) is 0 Å². The van der Waals surface area contributed by atoms with E-state index in [0.717, 1.165) is 8.95 Å². The van der Waals surface area contributed by atoms with Crippen molar-refractivity contribution in [2.75, 3.05) is 5.32 Å². The number of benzene rings is 2. The van der Waals surface area contributed by atoms with Crippen LogP contribution in [0.2, 0.25) is 0 Å². The number of hydrogen-bond donors (Lipinski definition) is 1. The second-order valence-corrected chi connectivity index (χ2v) is 6.08. The molecule has 0 aliphatic heterocycles. The molecule has 0 unspecified atom stereocenters. The summed E-state index contributed by atoms with van der Waals surface area (Å²) in [5.41, 5.74) is 1.69. The summed E-state index contributed by atoms with van der Waals surface area (Å²) >= 11 is 6.69. The zero-order chi connectivity index (χ0) is 14.7. The van der Waals surface area contributed by atoms with Crippen molar-refractivity contribution in [2.24, 2.45) is 0 Å². The first-order valence-corrected chi connectivity index (χ1v) is 7.43. The Bertz CT molecular complexity index is 663. The summed E-state index contributed by atoms with van der Waals surface area (Å²) in [5.74, 6) is -0.265. The molecular weight excluding hydrogens is 386 g/mol. The molecule has 2 aromatic carbocycles. The highest BCUT2D eigenvalue weighted by Gasteiger charge is 2.09. The second kappa shape index (κ2) is 6.33. The highest BCUT2D eigenvalue weighted by molar-refractivity contribution is 9.11. The van der Waals surface area contributed by atoms with E-state index in [1.807, 2.05) is 6.07 Å². The van der Waals surface area contributed by atoms with Crippen molar-refractivity contribution in [2.45, 2.75) is 6.92 Å². The predicted octanol–water partition coefficient (Wildman–Crippen LogP) is 4.67. The van der Waals surface area contributed by atoms with Crippen LogP contribution in [0.25, 0.3) is 0 Å². The molecule has 3 nitrogen and oxygen atoms in total. The molecule has 2 aromatic rings. The number of anilines is 1. The van der Waals surface area contributed by atoms with Crippen molar-refractivity contribution in [1.29, 1.82) is 0 Å². The van der Waals surface area contributed by atoms with E-state index in [0.29, 0.717) is 16.8 Å². The molecule has 0 saturated heterocycles. The minimum absolute atomic E-state index is 0.0358. The summed E-state index contributed by atoms with van der Waals surface area (Å²) in [5, 5.41) is 2.78. The Morgan fingerprint density at radius 2 is 1.60 bits per heavy atom. The van der Waals surface area contributed by atoms with Crippen LogP contribution in [-0.4, -0.2) is 11.7 Å². The summed E-state index contributed by atoms with van der Waals surface area (Å²) in [6, 6.07) is 12.2. The van der Waals surface area contributed by atoms with Gasteiger partial charge in [-0.05, 0) is 37.3 Å². The van der Waals surface area contributed by atoms with Crippen LogP contribution in [-0.2, 0) is 0 Å². The number of carbonyl (C=O) groups excluding carboxylic acids is 2. The van der Waals surface area contributed by atoms with Gasteiger partial charge in [-0.3, -0.25) is 9.59 Å². The lowest BCUT2D eigenvalue weighted by Gasteiger charge is -2.07. The summed E-state index contributed by atoms with van der Waals surface area (Å²) < 4.78 is 1.63. The number of hydrogen-bond acceptors (Lipinski definition) is 2. The lowest BCUT2D eigenvalue weighted by atomic mass is 10.1. The highest BCUT2D eigenvalue weighted by Crippen LogP contribution is 2.21. The van der Waals surface area contributed by atoms with Gasteiger partial charge in [-0.25, -0.2) is 0 Å². The van der Waals surface area contributed by atoms with E-state index in [-0.39, 0.29) is 11.7 Å². The van der Waals surface area contributed by atoms with Crippen molar-refractivity contribution in [3.05, 3.63) is 62.5 Å². The van der Waals surface area contributed by atoms with Crippen molar-refractivity contribution in [1.82, 2.24) is 0 Å². The molecule has 0 saturated carbocycles. The van der Waals surface area contributed by atoms with Gasteiger partial charge in [-0.1, -0.05) is 44.0 Å². The Morgan fingerprint density at radius 1 is 0.950 bits per heavy atom. The first kappa shape index (κ1) is 14.9. The molecule has 0 aliphatic carbocycles. The van der Waals surface area contributed by atoms with Gasteiger partial charge in [0.15, 0.2) is 5.78 Å². The molecular formula is C15H11Br2NO2. The first-order valence-electron chi connectivity index (χ1n) is 5.84. The fraction of sp³-hybridized carbons (Fsp3) is 0.0667. The van der Waals surface area contributed by atoms with Crippen LogP contribution >= 0.6 is 31.9 Å². The van der Waals surface area contributed by atoms with Gasteiger partial charge < -0.3 is 5.32 Å². The van der Waals surface area contributed by atoms with E-state index in [9.17, 15) is 9.59 Å². The number of carbonyl (C=O) groups is 2. The van der Waals surface area contributed by atoms with Crippen LogP contribution in [0, 0.1) is 0 Å². The molecule has 0 radical (unpaired) electrons. The lowest BCUT2D eigenvalue weighted by molar-refractivity contribution is 0.101. The summed E-state index contributed by atoms with van der Waals surface area (Å²) in [6.07, 6.45) is 0. The maximum absolute atomic E-state index is 12.2. The van der Waals surface area contributed by atoms with Gasteiger partial charge in [-0.2, -0.15) is 0 Å². The summed E-state index contributed by atoms with van der Waals surface area (Å²) in [7, 11) is 0. The third-order valence-corrected chi connectivity index (χ3v) is 3.57. The van der Waals surface area contributed by atoms with Crippen LogP contribution in [0.3, 0.4) is 0 Å². The van der Waals surface area contributed by atoms with Crippen LogP contribution in [0.5, 0.6) is 0 Å². The van der Waals surface area contributed by atoms with Gasteiger partial charge >= 0.3 is 0 Å². The fourth-order valence-electron chi connectivity index (χ4n) is 1.70. The summed E-state index contributed by atoms with van der Waals surface area (Å²) in [4.78, 5) is 23.5. The topological polar surface area (TPSA) is 46.2 Å². The van der Waals surface area contributed by atoms with E-state index >= 15 is 0 Å². The molecule has 0 fully saturated rings. The average molecular weight is 397 g/mol. The molecule has 0 spiro atoms. The molecule has 5 heteroatoms. The Kier molecular flexibility index (Phi) is 4.73. The van der Waals surface area contributed by atoms with Crippen molar-refractivity contribution in [3.63, 3.8) is 0 Å². The number of halogens is 2. The van der Waals surface area contributed by atoms with Crippen LogP contribution in [0.1, 0.15) is 27.6 Å². The maximum atomic E-state index is 12.2. The van der Waals surface area contributed by atoms with Gasteiger partial charge in [0.25, 0.3) is 5.91 Å². The van der Waals surface area contributed by atoms with E-state index in [1.165, 1.54) is 6.92 Å². The monoisotopic (exact) mass is 395 g/mol. The fourth-order valence-corrected chi connectivity index (χ4v) is 3.00. The Hall–Kier alpha value is -1.46. The Balaban J connectivity index is 2.23. The lowest BCUT2D eigenvalue weighted by Crippen LogP contribution is -2.12. The smallest absolute Gasteiger partial charge is 0.255 e. The van der Waals surface area contributed by atoms with Crippen LogP contribution in [0.15, 0.2) is 51.4 Å². The van der Waals surface area contributed by atoms with Gasteiger partial charge in [0.05, 0.1) is 0 Å². The number of rotatable bonds is 3. The van der Waals surface area contributed by atoms with Crippen molar-refractivity contribution >= 4 is 49.2 Å². The van der Waals surface area contributed by atoms with Gasteiger partial charge in [-0.15, -0.1) is 0 Å². The minimum atomic E-state index is -0.229. The zero-order valence-electron chi connectivity index (χ0n) is 10.6. The molecule has 2 rings (SSSR count). The second-order valence-electron chi connectivity index (χ2n) is 4.25.